The summed E-state index contributed by atoms with van der Waals surface area (Å²) in [5, 5.41) is 0. The number of ether oxygens (including phenoxy) is 1. The molecule has 0 N–H and O–H groups in total. The van der Waals surface area contributed by atoms with Crippen molar-refractivity contribution in [3.8, 4) is 0 Å². The van der Waals surface area contributed by atoms with Crippen LogP contribution in [-0.2, 0) is 4.74 Å². The van der Waals surface area contributed by atoms with Crippen LogP contribution in [0, 0.1) is 5.41 Å². The van der Waals surface area contributed by atoms with E-state index >= 15 is 0 Å². The molecule has 0 amide bonds. The lowest BCUT2D eigenvalue weighted by molar-refractivity contribution is 0.153. The van der Waals surface area contributed by atoms with Gasteiger partial charge in [0.05, 0.1) is 6.61 Å². The van der Waals surface area contributed by atoms with E-state index in [9.17, 15) is 0 Å². The molecule has 1 heterocycles. The largest absolute Gasteiger partial charge is 0.381 e. The third-order valence-electron chi connectivity index (χ3n) is 2.34. The van der Waals surface area contributed by atoms with Crippen molar-refractivity contribution >= 4 is 0 Å². The molecule has 1 fully saturated rings. The first-order valence-corrected chi connectivity index (χ1v) is 4.12. The Morgan fingerprint density at radius 1 is 1.27 bits per heavy atom. The second kappa shape index (κ2) is 3.72. The van der Waals surface area contributed by atoms with E-state index in [0.29, 0.717) is 5.41 Å². The lowest BCUT2D eigenvalue weighted by Gasteiger charge is -2.23. The van der Waals surface area contributed by atoms with E-state index in [-0.39, 0.29) is 0 Å². The Bertz CT molecular complexity index is 131. The van der Waals surface area contributed by atoms with Crippen molar-refractivity contribution in [2.24, 2.45) is 5.41 Å². The minimum atomic E-state index is 0.337. The standard InChI is InChI=1S/C10H16O/c1-3-5-10(6-4-2)7-8-11-9-10/h3-4H,1-2,5-9H2. The van der Waals surface area contributed by atoms with Crippen molar-refractivity contribution in [3.63, 3.8) is 0 Å². The molecule has 0 radical (unpaired) electrons. The van der Waals surface area contributed by atoms with Gasteiger partial charge in [-0.2, -0.15) is 0 Å². The highest BCUT2D eigenvalue weighted by atomic mass is 16.5. The van der Waals surface area contributed by atoms with E-state index < -0.39 is 0 Å². The molecule has 1 aliphatic rings. The van der Waals surface area contributed by atoms with Gasteiger partial charge in [0.2, 0.25) is 0 Å². The van der Waals surface area contributed by atoms with Gasteiger partial charge in [-0.25, -0.2) is 0 Å². The summed E-state index contributed by atoms with van der Waals surface area (Å²) in [5.41, 5.74) is 0.337. The second-order valence-electron chi connectivity index (χ2n) is 3.29. The minimum Gasteiger partial charge on any atom is -0.381 e. The van der Waals surface area contributed by atoms with Crippen LogP contribution < -0.4 is 0 Å². The van der Waals surface area contributed by atoms with E-state index in [2.05, 4.69) is 13.2 Å². The molecular formula is C10H16O. The van der Waals surface area contributed by atoms with Crippen LogP contribution in [0.15, 0.2) is 25.3 Å². The predicted octanol–water partition coefficient (Wildman–Crippen LogP) is 2.55. The van der Waals surface area contributed by atoms with E-state index in [4.69, 9.17) is 4.74 Å². The Labute approximate surface area is 68.8 Å². The first-order chi connectivity index (χ1) is 5.33. The Kier molecular flexibility index (Phi) is 2.89. The molecule has 1 nitrogen and oxygen atoms in total. The molecule has 0 bridgehead atoms. The van der Waals surface area contributed by atoms with Crippen LogP contribution in [0.5, 0.6) is 0 Å². The average molecular weight is 152 g/mol. The van der Waals surface area contributed by atoms with Gasteiger partial charge in [0, 0.05) is 12.0 Å². The Morgan fingerprint density at radius 3 is 2.27 bits per heavy atom. The van der Waals surface area contributed by atoms with Crippen LogP contribution in [0.1, 0.15) is 19.3 Å². The third kappa shape index (κ3) is 1.93. The van der Waals surface area contributed by atoms with Gasteiger partial charge in [-0.15, -0.1) is 13.2 Å². The van der Waals surface area contributed by atoms with Crippen LogP contribution in [0.2, 0.25) is 0 Å². The number of allylic oxidation sites excluding steroid dienone is 2. The van der Waals surface area contributed by atoms with Gasteiger partial charge in [-0.1, -0.05) is 12.2 Å². The van der Waals surface area contributed by atoms with Gasteiger partial charge in [-0.05, 0) is 19.3 Å². The van der Waals surface area contributed by atoms with Crippen LogP contribution in [0.4, 0.5) is 0 Å². The molecule has 62 valence electrons. The highest BCUT2D eigenvalue weighted by molar-refractivity contribution is 4.93. The van der Waals surface area contributed by atoms with Gasteiger partial charge in [0.1, 0.15) is 0 Å². The van der Waals surface area contributed by atoms with Gasteiger partial charge < -0.3 is 4.74 Å². The maximum Gasteiger partial charge on any atom is 0.0529 e. The molecule has 1 heteroatoms. The zero-order valence-electron chi connectivity index (χ0n) is 7.01. The molecule has 0 spiro atoms. The molecule has 1 rings (SSSR count). The van der Waals surface area contributed by atoms with Crippen LogP contribution >= 0.6 is 0 Å². The summed E-state index contributed by atoms with van der Waals surface area (Å²) in [6.45, 7) is 9.31. The number of hydrogen-bond acceptors (Lipinski definition) is 1. The topological polar surface area (TPSA) is 9.23 Å². The van der Waals surface area contributed by atoms with Crippen LogP contribution in [-0.4, -0.2) is 13.2 Å². The summed E-state index contributed by atoms with van der Waals surface area (Å²) in [6, 6.07) is 0. The number of rotatable bonds is 4. The molecule has 0 aromatic heterocycles. The lowest BCUT2D eigenvalue weighted by Crippen LogP contribution is -2.18. The molecule has 1 aliphatic heterocycles. The lowest BCUT2D eigenvalue weighted by atomic mass is 9.81. The van der Waals surface area contributed by atoms with Gasteiger partial charge in [-0.3, -0.25) is 0 Å². The Hall–Kier alpha value is -0.560. The third-order valence-corrected chi connectivity index (χ3v) is 2.34. The summed E-state index contributed by atoms with van der Waals surface area (Å²) in [5.74, 6) is 0. The molecule has 11 heavy (non-hydrogen) atoms. The van der Waals surface area contributed by atoms with Gasteiger partial charge in [0.15, 0.2) is 0 Å². The smallest absolute Gasteiger partial charge is 0.0529 e. The highest BCUT2D eigenvalue weighted by Crippen LogP contribution is 2.36. The predicted molar refractivity (Wildman–Crippen MR) is 47.5 cm³/mol. The Balaban J connectivity index is 2.53. The van der Waals surface area contributed by atoms with Crippen LogP contribution in [0.25, 0.3) is 0 Å². The first kappa shape index (κ1) is 8.54. The van der Waals surface area contributed by atoms with Gasteiger partial charge in [0.25, 0.3) is 0 Å². The maximum atomic E-state index is 5.37. The van der Waals surface area contributed by atoms with Crippen LogP contribution in [0.3, 0.4) is 0 Å². The second-order valence-corrected chi connectivity index (χ2v) is 3.29. The first-order valence-electron chi connectivity index (χ1n) is 4.12. The van der Waals surface area contributed by atoms with Gasteiger partial charge >= 0.3 is 0 Å². The highest BCUT2D eigenvalue weighted by Gasteiger charge is 2.31. The molecule has 0 atom stereocenters. The molecule has 0 aromatic carbocycles. The van der Waals surface area contributed by atoms with Crippen molar-refractivity contribution in [2.75, 3.05) is 13.2 Å². The quantitative estimate of drug-likeness (QED) is 0.562. The zero-order chi connectivity index (χ0) is 8.16. The average Bonchev–Trinajstić information content (AvgIpc) is 2.39. The van der Waals surface area contributed by atoms with E-state index in [0.717, 1.165) is 32.5 Å². The fraction of sp³-hybridized carbons (Fsp3) is 0.600. The summed E-state index contributed by atoms with van der Waals surface area (Å²) < 4.78 is 5.37. The molecule has 0 aliphatic carbocycles. The van der Waals surface area contributed by atoms with E-state index in [1.54, 1.807) is 0 Å². The fourth-order valence-corrected chi connectivity index (χ4v) is 1.67. The van der Waals surface area contributed by atoms with Crippen molar-refractivity contribution in [1.82, 2.24) is 0 Å². The molecule has 0 unspecified atom stereocenters. The minimum absolute atomic E-state index is 0.337. The van der Waals surface area contributed by atoms with E-state index in [1.165, 1.54) is 0 Å². The SMILES string of the molecule is C=CCC1(CC=C)CCOC1. The maximum absolute atomic E-state index is 5.37. The monoisotopic (exact) mass is 152 g/mol. The Morgan fingerprint density at radius 2 is 1.91 bits per heavy atom. The van der Waals surface area contributed by atoms with E-state index in [1.807, 2.05) is 12.2 Å². The molecule has 1 saturated heterocycles. The fourth-order valence-electron chi connectivity index (χ4n) is 1.67. The molecule has 0 aromatic rings. The summed E-state index contributed by atoms with van der Waals surface area (Å²) in [7, 11) is 0. The molecule has 0 saturated carbocycles. The summed E-state index contributed by atoms with van der Waals surface area (Å²) in [6.07, 6.45) is 7.24. The van der Waals surface area contributed by atoms with Crippen molar-refractivity contribution in [1.29, 1.82) is 0 Å². The van der Waals surface area contributed by atoms with Crippen molar-refractivity contribution < 1.29 is 4.74 Å². The number of hydrogen-bond donors (Lipinski definition) is 0. The van der Waals surface area contributed by atoms with Crippen molar-refractivity contribution in [3.05, 3.63) is 25.3 Å². The molecular weight excluding hydrogens is 136 g/mol. The zero-order valence-corrected chi connectivity index (χ0v) is 7.01. The summed E-state index contributed by atoms with van der Waals surface area (Å²) in [4.78, 5) is 0. The van der Waals surface area contributed by atoms with Crippen molar-refractivity contribution in [2.45, 2.75) is 19.3 Å². The summed E-state index contributed by atoms with van der Waals surface area (Å²) >= 11 is 0. The normalized spacial score (nSPS) is 21.5.